The average Bonchev–Trinajstić information content (AvgIpc) is 3.23. The van der Waals surface area contributed by atoms with E-state index in [4.69, 9.17) is 28.4 Å². The van der Waals surface area contributed by atoms with Gasteiger partial charge in [0, 0.05) is 12.5 Å². The van der Waals surface area contributed by atoms with E-state index in [1.54, 1.807) is 55.6 Å². The predicted molar refractivity (Wildman–Crippen MR) is 139 cm³/mol. The molecule has 3 aliphatic heterocycles. The molecule has 0 unspecified atom stereocenters. The van der Waals surface area contributed by atoms with Crippen LogP contribution in [-0.2, 0) is 23.7 Å². The first kappa shape index (κ1) is 26.0. The van der Waals surface area contributed by atoms with Crippen LogP contribution in [-0.4, -0.2) is 67.0 Å². The minimum absolute atomic E-state index is 0.0965. The molecule has 2 fully saturated rings. The summed E-state index contributed by atoms with van der Waals surface area (Å²) in [6, 6.07) is 21.4. The Morgan fingerprint density at radius 2 is 1.48 bits per heavy atom. The summed E-state index contributed by atoms with van der Waals surface area (Å²) >= 11 is 0. The zero-order valence-corrected chi connectivity index (χ0v) is 21.8. The second kappa shape index (κ2) is 10.7. The second-order valence-corrected chi connectivity index (χ2v) is 9.60. The van der Waals surface area contributed by atoms with E-state index in [-0.39, 0.29) is 17.7 Å². The van der Waals surface area contributed by atoms with E-state index < -0.39 is 54.7 Å². The second-order valence-electron chi connectivity index (χ2n) is 9.60. The van der Waals surface area contributed by atoms with Crippen LogP contribution in [0.5, 0.6) is 11.5 Å². The smallest absolute Gasteiger partial charge is 0.303 e. The van der Waals surface area contributed by atoms with Crippen LogP contribution in [0, 0.1) is 0 Å². The average molecular weight is 546 g/mol. The van der Waals surface area contributed by atoms with Gasteiger partial charge in [-0.1, -0.05) is 42.5 Å². The highest BCUT2D eigenvalue weighted by Gasteiger charge is 2.58. The number of nitrogens with zero attached hydrogens (tertiary/aromatic N) is 1. The maximum Gasteiger partial charge on any atom is 0.303 e. The number of benzene rings is 3. The van der Waals surface area contributed by atoms with E-state index in [2.05, 4.69) is 0 Å². The van der Waals surface area contributed by atoms with Gasteiger partial charge in [0.2, 0.25) is 6.29 Å². The Morgan fingerprint density at radius 1 is 0.850 bits per heavy atom. The molecule has 3 heterocycles. The van der Waals surface area contributed by atoms with Gasteiger partial charge in [0.25, 0.3) is 11.8 Å². The number of ether oxygens (including phenoxy) is 6. The molecule has 0 saturated carbocycles. The number of hydrogen-bond acceptors (Lipinski definition) is 9. The third kappa shape index (κ3) is 4.70. The van der Waals surface area contributed by atoms with Crippen molar-refractivity contribution < 1.29 is 42.8 Å². The van der Waals surface area contributed by atoms with Crippen LogP contribution in [0.1, 0.15) is 39.5 Å². The highest BCUT2D eigenvalue weighted by Crippen LogP contribution is 2.40. The first-order valence-electron chi connectivity index (χ1n) is 12.9. The third-order valence-electron chi connectivity index (χ3n) is 7.12. The number of carbonyl (C=O) groups excluding carboxylic acids is 3. The normalized spacial score (nSPS) is 27.5. The number of imide groups is 1. The zero-order chi connectivity index (χ0) is 27.8. The Labute approximate surface area is 230 Å². The lowest BCUT2D eigenvalue weighted by atomic mass is 9.94. The molecule has 0 bridgehead atoms. The summed E-state index contributed by atoms with van der Waals surface area (Å²) in [5, 5.41) is 0. The van der Waals surface area contributed by atoms with Gasteiger partial charge in [0.05, 0.1) is 24.8 Å². The molecule has 0 N–H and O–H groups in total. The minimum atomic E-state index is -1.21. The number of carbonyl (C=O) groups is 3. The minimum Gasteiger partial charge on any atom is -0.497 e. The van der Waals surface area contributed by atoms with Gasteiger partial charge in [0.1, 0.15) is 29.7 Å². The number of rotatable bonds is 6. The van der Waals surface area contributed by atoms with Gasteiger partial charge in [-0.3, -0.25) is 19.3 Å². The molecule has 40 heavy (non-hydrogen) atoms. The number of methoxy groups -OCH3 is 1. The first-order valence-corrected chi connectivity index (χ1v) is 12.9. The van der Waals surface area contributed by atoms with Crippen molar-refractivity contribution in [3.8, 4) is 11.5 Å². The fraction of sp³-hybridized carbons (Fsp3) is 0.300. The molecule has 0 aromatic heterocycles. The lowest BCUT2D eigenvalue weighted by Gasteiger charge is -2.50. The number of esters is 1. The number of amides is 2. The lowest BCUT2D eigenvalue weighted by molar-refractivity contribution is -0.339. The lowest BCUT2D eigenvalue weighted by Crippen LogP contribution is -2.69. The van der Waals surface area contributed by atoms with Crippen LogP contribution in [0.25, 0.3) is 0 Å². The summed E-state index contributed by atoms with van der Waals surface area (Å²) < 4.78 is 35.9. The summed E-state index contributed by atoms with van der Waals surface area (Å²) in [4.78, 5) is 40.8. The van der Waals surface area contributed by atoms with E-state index >= 15 is 0 Å². The molecular weight excluding hydrogens is 518 g/mol. The number of hydrogen-bond donors (Lipinski definition) is 0. The third-order valence-corrected chi connectivity index (χ3v) is 7.12. The molecule has 10 heteroatoms. The van der Waals surface area contributed by atoms with Crippen LogP contribution in [0.2, 0.25) is 0 Å². The Bertz CT molecular complexity index is 1380. The molecule has 3 aromatic carbocycles. The maximum atomic E-state index is 13.6. The Balaban J connectivity index is 1.40. The molecule has 2 amide bonds. The van der Waals surface area contributed by atoms with E-state index in [0.717, 1.165) is 10.5 Å². The monoisotopic (exact) mass is 545 g/mol. The Kier molecular flexibility index (Phi) is 6.97. The standard InChI is InChI=1S/C30H27NO9/c1-17(32)37-26-24(31-27(33)21-10-6-7-11-22(21)28(31)34)30(38-20-14-12-19(35-2)13-15-20)39-23-16-36-29(40-25(23)26)18-8-4-3-5-9-18/h3-15,23-26,29-30H,16H2,1-2H3/t23-,24-,25-,26-,29-,30-/m1/s1. The largest absolute Gasteiger partial charge is 0.497 e. The maximum absolute atomic E-state index is 13.6. The fourth-order valence-corrected chi connectivity index (χ4v) is 5.30. The van der Waals surface area contributed by atoms with Gasteiger partial charge in [-0.05, 0) is 36.4 Å². The molecule has 206 valence electrons. The summed E-state index contributed by atoms with van der Waals surface area (Å²) in [6.45, 7) is 1.36. The van der Waals surface area contributed by atoms with Crippen LogP contribution in [0.4, 0.5) is 0 Å². The number of fused-ring (bicyclic) bond motifs is 2. The van der Waals surface area contributed by atoms with Gasteiger partial charge in [-0.15, -0.1) is 0 Å². The molecule has 6 atom stereocenters. The van der Waals surface area contributed by atoms with Crippen LogP contribution < -0.4 is 9.47 Å². The first-order chi connectivity index (χ1) is 19.4. The summed E-state index contributed by atoms with van der Waals surface area (Å²) in [5.41, 5.74) is 1.25. The topological polar surface area (TPSA) is 110 Å². The molecule has 2 saturated heterocycles. The van der Waals surface area contributed by atoms with Gasteiger partial charge in [-0.25, -0.2) is 0 Å². The van der Waals surface area contributed by atoms with Crippen molar-refractivity contribution in [3.63, 3.8) is 0 Å². The van der Waals surface area contributed by atoms with Crippen molar-refractivity contribution in [2.24, 2.45) is 0 Å². The molecule has 0 radical (unpaired) electrons. The summed E-state index contributed by atoms with van der Waals surface area (Å²) in [6.07, 6.45) is -4.68. The van der Waals surface area contributed by atoms with Crippen molar-refractivity contribution in [3.05, 3.63) is 95.6 Å². The molecule has 0 spiro atoms. The van der Waals surface area contributed by atoms with Crippen molar-refractivity contribution in [1.29, 1.82) is 0 Å². The van der Waals surface area contributed by atoms with E-state index in [9.17, 15) is 14.4 Å². The van der Waals surface area contributed by atoms with Crippen molar-refractivity contribution in [1.82, 2.24) is 4.90 Å². The van der Waals surface area contributed by atoms with E-state index in [0.29, 0.717) is 11.5 Å². The fourth-order valence-electron chi connectivity index (χ4n) is 5.30. The molecule has 3 aromatic rings. The molecule has 10 nitrogen and oxygen atoms in total. The van der Waals surface area contributed by atoms with Crippen molar-refractivity contribution in [2.75, 3.05) is 13.7 Å². The SMILES string of the molecule is COc1ccc(O[C@@H]2O[C@@H]3CO[C@@H](c4ccccc4)O[C@H]3[C@H](OC(C)=O)[C@H]2N2C(=O)c3ccccc3C2=O)cc1. The summed E-state index contributed by atoms with van der Waals surface area (Å²) in [5.74, 6) is -0.679. The Morgan fingerprint density at radius 3 is 2.10 bits per heavy atom. The predicted octanol–water partition coefficient (Wildman–Crippen LogP) is 3.51. The summed E-state index contributed by atoms with van der Waals surface area (Å²) in [7, 11) is 1.55. The van der Waals surface area contributed by atoms with Crippen molar-refractivity contribution >= 4 is 17.8 Å². The molecule has 0 aliphatic carbocycles. The van der Waals surface area contributed by atoms with Gasteiger partial charge >= 0.3 is 5.97 Å². The van der Waals surface area contributed by atoms with Crippen LogP contribution in [0.3, 0.4) is 0 Å². The molecule has 6 rings (SSSR count). The van der Waals surface area contributed by atoms with E-state index in [1.807, 2.05) is 30.3 Å². The Hall–Kier alpha value is -4.25. The molecule has 3 aliphatic rings. The quantitative estimate of drug-likeness (QED) is 0.340. The van der Waals surface area contributed by atoms with Gasteiger partial charge < -0.3 is 28.4 Å². The van der Waals surface area contributed by atoms with Crippen LogP contribution in [0.15, 0.2) is 78.9 Å². The van der Waals surface area contributed by atoms with E-state index in [1.165, 1.54) is 6.92 Å². The highest BCUT2D eigenvalue weighted by atomic mass is 16.8. The van der Waals surface area contributed by atoms with Gasteiger partial charge in [0.15, 0.2) is 12.4 Å². The highest BCUT2D eigenvalue weighted by molar-refractivity contribution is 6.21. The molecular formula is C30H27NO9. The van der Waals surface area contributed by atoms with Gasteiger partial charge in [-0.2, -0.15) is 0 Å². The zero-order valence-electron chi connectivity index (χ0n) is 21.8. The van der Waals surface area contributed by atoms with Crippen LogP contribution >= 0.6 is 0 Å². The van der Waals surface area contributed by atoms with Crippen molar-refractivity contribution in [2.45, 2.75) is 43.9 Å².